The maximum atomic E-state index is 13.0. The maximum Gasteiger partial charge on any atom is 0.243 e. The van der Waals surface area contributed by atoms with E-state index in [1.54, 1.807) is 30.3 Å². The van der Waals surface area contributed by atoms with Crippen LogP contribution in [0.1, 0.15) is 19.8 Å². The number of hydrogen-bond acceptors (Lipinski definition) is 7. The maximum absolute atomic E-state index is 13.0. The number of carbonyl (C=O) groups is 1. The Hall–Kier alpha value is -2.21. The van der Waals surface area contributed by atoms with Gasteiger partial charge in [0, 0.05) is 31.7 Å². The van der Waals surface area contributed by atoms with Gasteiger partial charge in [0.1, 0.15) is 0 Å². The van der Waals surface area contributed by atoms with Gasteiger partial charge in [0.25, 0.3) is 0 Å². The first-order valence-corrected chi connectivity index (χ1v) is 13.0. The van der Waals surface area contributed by atoms with E-state index in [-0.39, 0.29) is 16.6 Å². The lowest BCUT2D eigenvalue weighted by Crippen LogP contribution is -2.40. The Balaban J connectivity index is 1.81. The number of nitrogens with zero attached hydrogens (tertiary/aromatic N) is 4. The summed E-state index contributed by atoms with van der Waals surface area (Å²) in [6.45, 7) is 8.40. The standard InChI is InChI=1S/C21H29N5O4S2/c1-3-5-9-22-19(27)16-31-21-24-23-20(26(21)10-4-2)17-7-6-8-18(15-17)32(28,29)25-11-13-30-14-12-25/h4,6-8,15H,2-3,5,9-14,16H2,1H3,(H,22,27). The average Bonchev–Trinajstić information content (AvgIpc) is 3.21. The number of hydrogen-bond donors (Lipinski definition) is 1. The molecule has 0 atom stereocenters. The molecule has 0 spiro atoms. The normalized spacial score (nSPS) is 14.9. The highest BCUT2D eigenvalue weighted by molar-refractivity contribution is 7.99. The molecule has 9 nitrogen and oxygen atoms in total. The number of aromatic nitrogens is 3. The van der Waals surface area contributed by atoms with Crippen molar-refractivity contribution in [3.8, 4) is 11.4 Å². The number of ether oxygens (including phenoxy) is 1. The zero-order valence-electron chi connectivity index (χ0n) is 18.2. The lowest BCUT2D eigenvalue weighted by molar-refractivity contribution is -0.118. The van der Waals surface area contributed by atoms with Crippen LogP contribution >= 0.6 is 11.8 Å². The minimum absolute atomic E-state index is 0.0586. The number of carbonyl (C=O) groups excluding carboxylic acids is 1. The van der Waals surface area contributed by atoms with E-state index in [1.807, 2.05) is 4.57 Å². The fraction of sp³-hybridized carbons (Fsp3) is 0.476. The van der Waals surface area contributed by atoms with E-state index >= 15 is 0 Å². The molecule has 32 heavy (non-hydrogen) atoms. The first kappa shape index (κ1) is 24.4. The molecule has 2 heterocycles. The van der Waals surface area contributed by atoms with Crippen LogP contribution in [0.15, 0.2) is 47.0 Å². The number of nitrogens with one attached hydrogen (secondary N) is 1. The molecule has 2 aromatic rings. The molecule has 1 fully saturated rings. The second kappa shape index (κ2) is 11.6. The molecular formula is C21H29N5O4S2. The van der Waals surface area contributed by atoms with Crippen LogP contribution in [0.3, 0.4) is 0 Å². The molecule has 0 aliphatic carbocycles. The fourth-order valence-corrected chi connectivity index (χ4v) is 5.45. The van der Waals surface area contributed by atoms with Crippen LogP contribution in [0.4, 0.5) is 0 Å². The summed E-state index contributed by atoms with van der Waals surface area (Å²) in [5.41, 5.74) is 0.632. The second-order valence-electron chi connectivity index (χ2n) is 7.24. The third kappa shape index (κ3) is 5.97. The molecule has 11 heteroatoms. The van der Waals surface area contributed by atoms with E-state index in [2.05, 4.69) is 29.0 Å². The van der Waals surface area contributed by atoms with Gasteiger partial charge in [-0.05, 0) is 18.6 Å². The molecule has 0 saturated carbocycles. The van der Waals surface area contributed by atoms with Gasteiger partial charge in [-0.15, -0.1) is 16.8 Å². The van der Waals surface area contributed by atoms with Gasteiger partial charge in [0.05, 0.1) is 23.9 Å². The van der Waals surface area contributed by atoms with Crippen LogP contribution in [-0.2, 0) is 26.1 Å². The molecule has 174 valence electrons. The Labute approximate surface area is 193 Å². The van der Waals surface area contributed by atoms with Crippen molar-refractivity contribution in [3.63, 3.8) is 0 Å². The van der Waals surface area contributed by atoms with E-state index in [0.29, 0.717) is 55.9 Å². The SMILES string of the molecule is C=CCn1c(SCC(=O)NCCCC)nnc1-c1cccc(S(=O)(=O)N2CCOCC2)c1. The van der Waals surface area contributed by atoms with Crippen molar-refractivity contribution >= 4 is 27.7 Å². The number of unbranched alkanes of at least 4 members (excludes halogenated alkanes) is 1. The van der Waals surface area contributed by atoms with Crippen LogP contribution < -0.4 is 5.32 Å². The van der Waals surface area contributed by atoms with Crippen molar-refractivity contribution in [3.05, 3.63) is 36.9 Å². The molecule has 0 bridgehead atoms. The summed E-state index contributed by atoms with van der Waals surface area (Å²) in [6.07, 6.45) is 3.67. The minimum Gasteiger partial charge on any atom is -0.379 e. The first-order chi connectivity index (χ1) is 15.5. The third-order valence-electron chi connectivity index (χ3n) is 4.91. The molecule has 0 radical (unpaired) electrons. The smallest absolute Gasteiger partial charge is 0.243 e. The van der Waals surface area contributed by atoms with Gasteiger partial charge in [-0.2, -0.15) is 4.31 Å². The van der Waals surface area contributed by atoms with Crippen LogP contribution in [0.25, 0.3) is 11.4 Å². The molecule has 0 unspecified atom stereocenters. The molecule has 1 saturated heterocycles. The Morgan fingerprint density at radius 2 is 2.09 bits per heavy atom. The van der Waals surface area contributed by atoms with E-state index < -0.39 is 10.0 Å². The van der Waals surface area contributed by atoms with Gasteiger partial charge >= 0.3 is 0 Å². The molecule has 1 amide bonds. The molecule has 1 aliphatic heterocycles. The number of sulfonamides is 1. The van der Waals surface area contributed by atoms with Crippen LogP contribution in [0.5, 0.6) is 0 Å². The Kier molecular flexibility index (Phi) is 8.85. The quantitative estimate of drug-likeness (QED) is 0.299. The number of allylic oxidation sites excluding steroid dienone is 1. The highest BCUT2D eigenvalue weighted by atomic mass is 32.2. The zero-order chi connectivity index (χ0) is 23.0. The number of morpholine rings is 1. The van der Waals surface area contributed by atoms with Gasteiger partial charge in [-0.3, -0.25) is 9.36 Å². The highest BCUT2D eigenvalue weighted by Crippen LogP contribution is 2.27. The van der Waals surface area contributed by atoms with Crippen molar-refractivity contribution in [2.75, 3.05) is 38.6 Å². The Morgan fingerprint density at radius 3 is 2.81 bits per heavy atom. The largest absolute Gasteiger partial charge is 0.379 e. The summed E-state index contributed by atoms with van der Waals surface area (Å²) >= 11 is 1.29. The Morgan fingerprint density at radius 1 is 1.31 bits per heavy atom. The van der Waals surface area contributed by atoms with Gasteiger partial charge in [0.15, 0.2) is 11.0 Å². The van der Waals surface area contributed by atoms with Gasteiger partial charge in [-0.1, -0.05) is 43.3 Å². The average molecular weight is 480 g/mol. The molecule has 1 aromatic heterocycles. The van der Waals surface area contributed by atoms with Crippen molar-refractivity contribution in [1.29, 1.82) is 0 Å². The molecule has 3 rings (SSSR count). The van der Waals surface area contributed by atoms with Gasteiger partial charge in [-0.25, -0.2) is 8.42 Å². The van der Waals surface area contributed by atoms with Crippen molar-refractivity contribution in [1.82, 2.24) is 24.4 Å². The summed E-state index contributed by atoms with van der Waals surface area (Å²) in [7, 11) is -3.63. The van der Waals surface area contributed by atoms with Crippen molar-refractivity contribution in [2.45, 2.75) is 36.4 Å². The predicted molar refractivity (Wildman–Crippen MR) is 124 cm³/mol. The van der Waals surface area contributed by atoms with E-state index in [1.165, 1.54) is 16.1 Å². The lowest BCUT2D eigenvalue weighted by atomic mass is 10.2. The topological polar surface area (TPSA) is 106 Å². The van der Waals surface area contributed by atoms with Crippen molar-refractivity contribution < 1.29 is 17.9 Å². The van der Waals surface area contributed by atoms with Gasteiger partial charge in [0.2, 0.25) is 15.9 Å². The molecule has 1 aromatic carbocycles. The summed E-state index contributed by atoms with van der Waals surface area (Å²) in [5, 5.41) is 12.0. The van der Waals surface area contributed by atoms with Crippen molar-refractivity contribution in [2.24, 2.45) is 0 Å². The van der Waals surface area contributed by atoms with E-state index in [9.17, 15) is 13.2 Å². The van der Waals surface area contributed by atoms with E-state index in [4.69, 9.17) is 4.74 Å². The number of benzene rings is 1. The van der Waals surface area contributed by atoms with Crippen LogP contribution in [-0.4, -0.2) is 72.0 Å². The van der Waals surface area contributed by atoms with Crippen LogP contribution in [0.2, 0.25) is 0 Å². The summed E-state index contributed by atoms with van der Waals surface area (Å²) in [5.74, 6) is 0.694. The van der Waals surface area contributed by atoms with Gasteiger partial charge < -0.3 is 10.1 Å². The summed E-state index contributed by atoms with van der Waals surface area (Å²) < 4.78 is 34.6. The lowest BCUT2D eigenvalue weighted by Gasteiger charge is -2.26. The molecule has 1 N–H and O–H groups in total. The summed E-state index contributed by atoms with van der Waals surface area (Å²) in [4.78, 5) is 12.3. The monoisotopic (exact) mass is 479 g/mol. The number of thioether (sulfide) groups is 1. The zero-order valence-corrected chi connectivity index (χ0v) is 19.8. The fourth-order valence-electron chi connectivity index (χ4n) is 3.22. The first-order valence-electron chi connectivity index (χ1n) is 10.6. The number of amides is 1. The number of rotatable bonds is 11. The third-order valence-corrected chi connectivity index (χ3v) is 7.77. The minimum atomic E-state index is -3.63. The highest BCUT2D eigenvalue weighted by Gasteiger charge is 2.27. The second-order valence-corrected chi connectivity index (χ2v) is 10.1. The van der Waals surface area contributed by atoms with E-state index in [0.717, 1.165) is 12.8 Å². The molecule has 1 aliphatic rings. The molecular weight excluding hydrogens is 450 g/mol. The Bertz CT molecular complexity index is 1030. The van der Waals surface area contributed by atoms with Crippen LogP contribution in [0, 0.1) is 0 Å². The summed E-state index contributed by atoms with van der Waals surface area (Å²) in [6, 6.07) is 6.69. The predicted octanol–water partition coefficient (Wildman–Crippen LogP) is 2.16.